The zero-order valence-corrected chi connectivity index (χ0v) is 10.9. The van der Waals surface area contributed by atoms with E-state index in [1.165, 1.54) is 31.6 Å². The smallest absolute Gasteiger partial charge is 0.0572 e. The molecule has 2 rings (SSSR count). The molecule has 1 saturated heterocycles. The van der Waals surface area contributed by atoms with Crippen molar-refractivity contribution < 1.29 is 0 Å². The second kappa shape index (κ2) is 6.12. The lowest BCUT2D eigenvalue weighted by atomic mass is 9.98. The number of aromatic nitrogens is 1. The highest BCUT2D eigenvalue weighted by Gasteiger charge is 2.19. The molecule has 1 aliphatic heterocycles. The Kier molecular flexibility index (Phi) is 4.51. The van der Waals surface area contributed by atoms with Gasteiger partial charge in [-0.05, 0) is 58.0 Å². The van der Waals surface area contributed by atoms with Crippen molar-refractivity contribution in [1.82, 2.24) is 15.2 Å². The first kappa shape index (κ1) is 12.5. The summed E-state index contributed by atoms with van der Waals surface area (Å²) in [5, 5.41) is 3.48. The molecule has 2 unspecified atom stereocenters. The van der Waals surface area contributed by atoms with Crippen LogP contribution in [-0.4, -0.2) is 36.6 Å². The maximum Gasteiger partial charge on any atom is 0.0572 e. The van der Waals surface area contributed by atoms with Gasteiger partial charge in [-0.15, -0.1) is 0 Å². The Morgan fingerprint density at radius 1 is 1.53 bits per heavy atom. The molecule has 1 fully saturated rings. The molecule has 0 spiro atoms. The molecule has 2 heterocycles. The van der Waals surface area contributed by atoms with Gasteiger partial charge in [-0.25, -0.2) is 0 Å². The van der Waals surface area contributed by atoms with Crippen molar-refractivity contribution in [1.29, 1.82) is 0 Å². The second-order valence-corrected chi connectivity index (χ2v) is 5.08. The molecule has 17 heavy (non-hydrogen) atoms. The molecule has 1 aromatic rings. The number of rotatable bonds is 4. The van der Waals surface area contributed by atoms with Gasteiger partial charge in [0.2, 0.25) is 0 Å². The molecule has 94 valence electrons. The number of pyridine rings is 1. The topological polar surface area (TPSA) is 28.2 Å². The SMILES string of the molecule is CC(c1ccccn1)N(C)CC1CCCNC1. The van der Waals surface area contributed by atoms with Crippen LogP contribution >= 0.6 is 0 Å². The minimum atomic E-state index is 0.401. The summed E-state index contributed by atoms with van der Waals surface area (Å²) in [6.07, 6.45) is 4.55. The van der Waals surface area contributed by atoms with Gasteiger partial charge in [-0.2, -0.15) is 0 Å². The molecular weight excluding hydrogens is 210 g/mol. The van der Waals surface area contributed by atoms with Gasteiger partial charge in [-0.1, -0.05) is 6.07 Å². The highest BCUT2D eigenvalue weighted by Crippen LogP contribution is 2.19. The van der Waals surface area contributed by atoms with Gasteiger partial charge in [0, 0.05) is 18.8 Å². The third-order valence-electron chi connectivity index (χ3n) is 3.72. The number of nitrogens with one attached hydrogen (secondary N) is 1. The van der Waals surface area contributed by atoms with Gasteiger partial charge < -0.3 is 5.32 Å². The van der Waals surface area contributed by atoms with Gasteiger partial charge in [0.15, 0.2) is 0 Å². The predicted molar refractivity (Wildman–Crippen MR) is 70.9 cm³/mol. The van der Waals surface area contributed by atoms with Crippen LogP contribution in [0.2, 0.25) is 0 Å². The number of piperidine rings is 1. The van der Waals surface area contributed by atoms with E-state index in [0.717, 1.165) is 12.5 Å². The van der Waals surface area contributed by atoms with Gasteiger partial charge >= 0.3 is 0 Å². The summed E-state index contributed by atoms with van der Waals surface area (Å²) in [4.78, 5) is 6.85. The molecule has 3 nitrogen and oxygen atoms in total. The monoisotopic (exact) mass is 233 g/mol. The van der Waals surface area contributed by atoms with Crippen molar-refractivity contribution in [3.05, 3.63) is 30.1 Å². The van der Waals surface area contributed by atoms with Crippen LogP contribution in [0.3, 0.4) is 0 Å². The lowest BCUT2D eigenvalue weighted by molar-refractivity contribution is 0.196. The lowest BCUT2D eigenvalue weighted by Crippen LogP contribution is -2.37. The van der Waals surface area contributed by atoms with Gasteiger partial charge in [0.05, 0.1) is 5.69 Å². The fourth-order valence-electron chi connectivity index (χ4n) is 2.49. The van der Waals surface area contributed by atoms with Crippen molar-refractivity contribution in [3.8, 4) is 0 Å². The quantitative estimate of drug-likeness (QED) is 0.863. The van der Waals surface area contributed by atoms with Crippen LogP contribution in [0.5, 0.6) is 0 Å². The standard InChI is InChI=1S/C14H23N3/c1-12(14-7-3-4-9-16-14)17(2)11-13-6-5-8-15-10-13/h3-4,7,9,12-13,15H,5-6,8,10-11H2,1-2H3. The minimum Gasteiger partial charge on any atom is -0.316 e. The van der Waals surface area contributed by atoms with Crippen molar-refractivity contribution in [2.75, 3.05) is 26.7 Å². The summed E-state index contributed by atoms with van der Waals surface area (Å²) >= 11 is 0. The molecule has 3 heteroatoms. The van der Waals surface area contributed by atoms with E-state index >= 15 is 0 Å². The van der Waals surface area contributed by atoms with Crippen molar-refractivity contribution in [3.63, 3.8) is 0 Å². The van der Waals surface area contributed by atoms with E-state index in [1.807, 2.05) is 12.3 Å². The Morgan fingerprint density at radius 2 is 2.41 bits per heavy atom. The van der Waals surface area contributed by atoms with Crippen LogP contribution in [-0.2, 0) is 0 Å². The summed E-state index contributed by atoms with van der Waals surface area (Å²) in [6, 6.07) is 6.55. The van der Waals surface area contributed by atoms with Crippen molar-refractivity contribution in [2.45, 2.75) is 25.8 Å². The van der Waals surface area contributed by atoms with Crippen LogP contribution in [0.25, 0.3) is 0 Å². The molecule has 1 aliphatic rings. The molecule has 1 N–H and O–H groups in total. The first-order chi connectivity index (χ1) is 8.27. The molecule has 0 saturated carbocycles. The Bertz CT molecular complexity index is 319. The lowest BCUT2D eigenvalue weighted by Gasteiger charge is -2.31. The summed E-state index contributed by atoms with van der Waals surface area (Å²) in [7, 11) is 2.20. The van der Waals surface area contributed by atoms with Crippen molar-refractivity contribution in [2.24, 2.45) is 5.92 Å². The number of hydrogen-bond donors (Lipinski definition) is 1. The minimum absolute atomic E-state index is 0.401. The van der Waals surface area contributed by atoms with Gasteiger partial charge in [0.1, 0.15) is 0 Å². The maximum absolute atomic E-state index is 4.44. The Morgan fingerprint density at radius 3 is 3.06 bits per heavy atom. The summed E-state index contributed by atoms with van der Waals surface area (Å²) in [6.45, 7) is 5.75. The van der Waals surface area contributed by atoms with Gasteiger partial charge in [-0.3, -0.25) is 9.88 Å². The van der Waals surface area contributed by atoms with Crippen molar-refractivity contribution >= 4 is 0 Å². The molecule has 0 amide bonds. The molecule has 0 aromatic carbocycles. The van der Waals surface area contributed by atoms with Crippen LogP contribution in [0, 0.1) is 5.92 Å². The number of hydrogen-bond acceptors (Lipinski definition) is 3. The maximum atomic E-state index is 4.44. The summed E-state index contributed by atoms with van der Waals surface area (Å²) in [5.41, 5.74) is 1.17. The van der Waals surface area contributed by atoms with E-state index in [9.17, 15) is 0 Å². The first-order valence-electron chi connectivity index (χ1n) is 6.59. The largest absolute Gasteiger partial charge is 0.316 e. The molecule has 0 aliphatic carbocycles. The normalized spacial score (nSPS) is 22.6. The molecule has 1 aromatic heterocycles. The highest BCUT2D eigenvalue weighted by atomic mass is 15.1. The summed E-state index contributed by atoms with van der Waals surface area (Å²) in [5.74, 6) is 0.792. The zero-order chi connectivity index (χ0) is 12.1. The van der Waals surface area contributed by atoms with E-state index < -0.39 is 0 Å². The van der Waals surface area contributed by atoms with E-state index in [2.05, 4.69) is 41.3 Å². The fraction of sp³-hybridized carbons (Fsp3) is 0.643. The average molecular weight is 233 g/mol. The van der Waals surface area contributed by atoms with Crippen LogP contribution in [0.1, 0.15) is 31.5 Å². The number of nitrogens with zero attached hydrogens (tertiary/aromatic N) is 2. The second-order valence-electron chi connectivity index (χ2n) is 5.08. The Labute approximate surface area is 104 Å². The van der Waals surface area contributed by atoms with E-state index in [0.29, 0.717) is 6.04 Å². The van der Waals surface area contributed by atoms with E-state index in [4.69, 9.17) is 0 Å². The average Bonchev–Trinajstić information content (AvgIpc) is 2.40. The van der Waals surface area contributed by atoms with Gasteiger partial charge in [0.25, 0.3) is 0 Å². The Balaban J connectivity index is 1.88. The third kappa shape index (κ3) is 3.51. The van der Waals surface area contributed by atoms with E-state index in [1.54, 1.807) is 0 Å². The summed E-state index contributed by atoms with van der Waals surface area (Å²) < 4.78 is 0. The van der Waals surface area contributed by atoms with E-state index in [-0.39, 0.29) is 0 Å². The molecule has 0 bridgehead atoms. The molecule has 2 atom stereocenters. The fourth-order valence-corrected chi connectivity index (χ4v) is 2.49. The zero-order valence-electron chi connectivity index (χ0n) is 10.9. The predicted octanol–water partition coefficient (Wildman–Crippen LogP) is 2.07. The highest BCUT2D eigenvalue weighted by molar-refractivity contribution is 5.07. The van der Waals surface area contributed by atoms with Crippen LogP contribution in [0.4, 0.5) is 0 Å². The molecular formula is C14H23N3. The Hall–Kier alpha value is -0.930. The van der Waals surface area contributed by atoms with Crippen LogP contribution < -0.4 is 5.32 Å². The first-order valence-corrected chi connectivity index (χ1v) is 6.59. The third-order valence-corrected chi connectivity index (χ3v) is 3.72. The molecule has 0 radical (unpaired) electrons. The van der Waals surface area contributed by atoms with Crippen LogP contribution in [0.15, 0.2) is 24.4 Å².